The largest absolute Gasteiger partial charge is 0.456 e. The zero-order chi connectivity index (χ0) is 21.9. The first-order valence-corrected chi connectivity index (χ1v) is 10.3. The Labute approximate surface area is 187 Å². The summed E-state index contributed by atoms with van der Waals surface area (Å²) in [6.07, 6.45) is 3.11. The maximum atomic E-state index is 12.3. The van der Waals surface area contributed by atoms with E-state index in [9.17, 15) is 4.79 Å². The number of hydrogen-bond donors (Lipinski definition) is 1. The molecular formula is C24H23ClN2O2S. The van der Waals surface area contributed by atoms with Crippen molar-refractivity contribution in [3.05, 3.63) is 88.2 Å². The van der Waals surface area contributed by atoms with Gasteiger partial charge in [0.25, 0.3) is 0 Å². The summed E-state index contributed by atoms with van der Waals surface area (Å²) in [4.78, 5) is 17.1. The van der Waals surface area contributed by atoms with Crippen molar-refractivity contribution >= 4 is 46.0 Å². The average molecular weight is 439 g/mol. The van der Waals surface area contributed by atoms with Crippen LogP contribution in [0.1, 0.15) is 47.8 Å². The third kappa shape index (κ3) is 5.43. The molecule has 1 N–H and O–H groups in total. The standard InChI is InChI=1S/C24H23ClN2O2S/c1-15-7-5-6-8-19(15)22(30)20-10-9-17(12-21(20)25)27-18-11-16(13-26-14-18)23(28)29-24(2,3)4/h5-14,27H,1-4H3. The van der Waals surface area contributed by atoms with Gasteiger partial charge in [0.1, 0.15) is 5.60 Å². The van der Waals surface area contributed by atoms with Crippen LogP contribution in [-0.4, -0.2) is 21.4 Å². The highest BCUT2D eigenvalue weighted by Gasteiger charge is 2.18. The van der Waals surface area contributed by atoms with Crippen molar-refractivity contribution < 1.29 is 9.53 Å². The van der Waals surface area contributed by atoms with Gasteiger partial charge in [-0.05, 0) is 63.1 Å². The topological polar surface area (TPSA) is 51.2 Å². The maximum Gasteiger partial charge on any atom is 0.340 e. The summed E-state index contributed by atoms with van der Waals surface area (Å²) in [5.74, 6) is -0.421. The number of nitrogens with one attached hydrogen (secondary N) is 1. The van der Waals surface area contributed by atoms with E-state index in [4.69, 9.17) is 28.6 Å². The third-order valence-corrected chi connectivity index (χ3v) is 5.02. The molecule has 30 heavy (non-hydrogen) atoms. The Kier molecular flexibility index (Phi) is 6.54. The molecule has 0 amide bonds. The molecule has 0 radical (unpaired) electrons. The van der Waals surface area contributed by atoms with Gasteiger partial charge in [0, 0.05) is 17.4 Å². The lowest BCUT2D eigenvalue weighted by Gasteiger charge is -2.19. The molecule has 0 aliphatic rings. The number of benzene rings is 2. The highest BCUT2D eigenvalue weighted by atomic mass is 35.5. The van der Waals surface area contributed by atoms with Crippen LogP contribution < -0.4 is 5.32 Å². The van der Waals surface area contributed by atoms with Crippen molar-refractivity contribution in [1.82, 2.24) is 4.98 Å². The van der Waals surface area contributed by atoms with E-state index in [0.29, 0.717) is 21.1 Å². The fraction of sp³-hybridized carbons (Fsp3) is 0.208. The highest BCUT2D eigenvalue weighted by molar-refractivity contribution is 7.81. The molecule has 0 bridgehead atoms. The van der Waals surface area contributed by atoms with E-state index in [1.54, 1.807) is 12.3 Å². The first-order valence-electron chi connectivity index (χ1n) is 9.49. The molecule has 3 rings (SSSR count). The van der Waals surface area contributed by atoms with Crippen molar-refractivity contribution in [2.24, 2.45) is 0 Å². The van der Waals surface area contributed by atoms with E-state index in [1.807, 2.05) is 70.2 Å². The second-order valence-electron chi connectivity index (χ2n) is 7.93. The monoisotopic (exact) mass is 438 g/mol. The van der Waals surface area contributed by atoms with Crippen LogP contribution in [0.5, 0.6) is 0 Å². The van der Waals surface area contributed by atoms with Crippen LogP contribution in [0, 0.1) is 6.92 Å². The smallest absolute Gasteiger partial charge is 0.340 e. The lowest BCUT2D eigenvalue weighted by atomic mass is 10.00. The predicted molar refractivity (Wildman–Crippen MR) is 126 cm³/mol. The van der Waals surface area contributed by atoms with Gasteiger partial charge in [0.15, 0.2) is 0 Å². The number of ether oxygens (including phenoxy) is 1. The van der Waals surface area contributed by atoms with Gasteiger partial charge in [-0.2, -0.15) is 0 Å². The summed E-state index contributed by atoms with van der Waals surface area (Å²) in [5, 5.41) is 3.77. The lowest BCUT2D eigenvalue weighted by Crippen LogP contribution is -2.24. The van der Waals surface area contributed by atoms with Gasteiger partial charge >= 0.3 is 5.97 Å². The maximum absolute atomic E-state index is 12.3. The number of carbonyl (C=O) groups is 1. The quantitative estimate of drug-likeness (QED) is 0.279. The number of nitrogens with zero attached hydrogens (tertiary/aromatic N) is 1. The zero-order valence-corrected chi connectivity index (χ0v) is 18.9. The number of pyridine rings is 1. The van der Waals surface area contributed by atoms with Crippen molar-refractivity contribution in [3.8, 4) is 0 Å². The van der Waals surface area contributed by atoms with Crippen LogP contribution in [-0.2, 0) is 4.74 Å². The molecule has 0 aliphatic heterocycles. The van der Waals surface area contributed by atoms with Crippen molar-refractivity contribution in [2.75, 3.05) is 5.32 Å². The SMILES string of the molecule is Cc1ccccc1C(=S)c1ccc(Nc2cncc(C(=O)OC(C)(C)C)c2)cc1Cl. The number of hydrogen-bond acceptors (Lipinski definition) is 5. The molecule has 0 saturated carbocycles. The Bertz CT molecular complexity index is 1110. The average Bonchev–Trinajstić information content (AvgIpc) is 2.67. The summed E-state index contributed by atoms with van der Waals surface area (Å²) in [7, 11) is 0. The van der Waals surface area contributed by atoms with E-state index in [2.05, 4.69) is 10.3 Å². The molecule has 0 spiro atoms. The Morgan fingerprint density at radius 3 is 2.43 bits per heavy atom. The molecular weight excluding hydrogens is 416 g/mol. The number of aryl methyl sites for hydroxylation is 1. The van der Waals surface area contributed by atoms with Gasteiger partial charge in [0.2, 0.25) is 0 Å². The van der Waals surface area contributed by atoms with E-state index >= 15 is 0 Å². The molecule has 1 heterocycles. The van der Waals surface area contributed by atoms with Crippen LogP contribution in [0.15, 0.2) is 60.9 Å². The minimum Gasteiger partial charge on any atom is -0.456 e. The zero-order valence-electron chi connectivity index (χ0n) is 17.3. The van der Waals surface area contributed by atoms with Gasteiger partial charge in [0.05, 0.1) is 27.3 Å². The fourth-order valence-electron chi connectivity index (χ4n) is 2.87. The van der Waals surface area contributed by atoms with E-state index < -0.39 is 11.6 Å². The molecule has 0 fully saturated rings. The number of rotatable bonds is 5. The minimum atomic E-state index is -0.570. The Morgan fingerprint density at radius 1 is 1.03 bits per heavy atom. The molecule has 4 nitrogen and oxygen atoms in total. The number of esters is 1. The van der Waals surface area contributed by atoms with Crippen molar-refractivity contribution in [1.29, 1.82) is 0 Å². The predicted octanol–water partition coefficient (Wildman–Crippen LogP) is 6.51. The number of aromatic nitrogens is 1. The minimum absolute atomic E-state index is 0.373. The first kappa shape index (κ1) is 21.9. The van der Waals surface area contributed by atoms with E-state index in [-0.39, 0.29) is 0 Å². The van der Waals surface area contributed by atoms with E-state index in [1.165, 1.54) is 6.20 Å². The van der Waals surface area contributed by atoms with Crippen LogP contribution >= 0.6 is 23.8 Å². The van der Waals surface area contributed by atoms with Crippen LogP contribution in [0.4, 0.5) is 11.4 Å². The summed E-state index contributed by atoms with van der Waals surface area (Å²) in [6, 6.07) is 15.3. The first-order chi connectivity index (χ1) is 14.1. The van der Waals surface area contributed by atoms with Gasteiger partial charge in [-0.15, -0.1) is 0 Å². The van der Waals surface area contributed by atoms with Crippen LogP contribution in [0.3, 0.4) is 0 Å². The Morgan fingerprint density at radius 2 is 1.77 bits per heavy atom. The normalized spacial score (nSPS) is 11.1. The number of carbonyl (C=O) groups excluding carboxylic acids is 1. The highest BCUT2D eigenvalue weighted by Crippen LogP contribution is 2.27. The van der Waals surface area contributed by atoms with Crippen LogP contribution in [0.25, 0.3) is 0 Å². The summed E-state index contributed by atoms with van der Waals surface area (Å²) in [5.41, 5.74) is 4.11. The molecule has 0 atom stereocenters. The third-order valence-electron chi connectivity index (χ3n) is 4.26. The van der Waals surface area contributed by atoms with Gasteiger partial charge in [-0.1, -0.05) is 48.1 Å². The van der Waals surface area contributed by atoms with Crippen molar-refractivity contribution in [2.45, 2.75) is 33.3 Å². The van der Waals surface area contributed by atoms with Gasteiger partial charge in [-0.3, -0.25) is 4.98 Å². The van der Waals surface area contributed by atoms with E-state index in [0.717, 1.165) is 22.4 Å². The molecule has 0 saturated heterocycles. The number of halogens is 1. The molecule has 0 aliphatic carbocycles. The summed E-state index contributed by atoms with van der Waals surface area (Å²) in [6.45, 7) is 7.50. The number of anilines is 2. The van der Waals surface area contributed by atoms with Gasteiger partial charge < -0.3 is 10.1 Å². The number of thiocarbonyl (C=S) groups is 1. The summed E-state index contributed by atoms with van der Waals surface area (Å²) < 4.78 is 5.40. The van der Waals surface area contributed by atoms with Crippen molar-refractivity contribution in [3.63, 3.8) is 0 Å². The Balaban J connectivity index is 1.80. The molecule has 154 valence electrons. The lowest BCUT2D eigenvalue weighted by molar-refractivity contribution is 0.00691. The molecule has 2 aromatic carbocycles. The molecule has 3 aromatic rings. The summed E-state index contributed by atoms with van der Waals surface area (Å²) >= 11 is 12.2. The molecule has 1 aromatic heterocycles. The fourth-order valence-corrected chi connectivity index (χ4v) is 3.61. The molecule has 6 heteroatoms. The Hall–Kier alpha value is -2.76. The second-order valence-corrected chi connectivity index (χ2v) is 8.74. The van der Waals surface area contributed by atoms with Crippen LogP contribution in [0.2, 0.25) is 5.02 Å². The van der Waals surface area contributed by atoms with Gasteiger partial charge in [-0.25, -0.2) is 4.79 Å². The second kappa shape index (κ2) is 8.94. The molecule has 0 unspecified atom stereocenters.